The van der Waals surface area contributed by atoms with Gasteiger partial charge in [-0.2, -0.15) is 14.0 Å². The lowest BCUT2D eigenvalue weighted by Gasteiger charge is -2.31. The number of likely N-dealkylation sites (tertiary alicyclic amines) is 1. The highest BCUT2D eigenvalue weighted by Gasteiger charge is 2.28. The van der Waals surface area contributed by atoms with Gasteiger partial charge in [-0.3, -0.25) is 9.59 Å². The van der Waals surface area contributed by atoms with Crippen molar-refractivity contribution in [3.05, 3.63) is 64.2 Å². The number of ketones is 1. The summed E-state index contributed by atoms with van der Waals surface area (Å²) in [5, 5.41) is 9.60. The van der Waals surface area contributed by atoms with Crippen molar-refractivity contribution in [2.75, 3.05) is 13.1 Å². The van der Waals surface area contributed by atoms with E-state index < -0.39 is 6.61 Å². The van der Waals surface area contributed by atoms with Crippen LogP contribution in [0.25, 0.3) is 0 Å². The molecule has 0 atom stereocenters. The Morgan fingerprint density at radius 1 is 1.17 bits per heavy atom. The van der Waals surface area contributed by atoms with Gasteiger partial charge in [0.15, 0.2) is 0 Å². The number of carbonyl (C=O) groups is 2. The molecule has 1 amide bonds. The average molecular weight is 433 g/mol. The van der Waals surface area contributed by atoms with Crippen LogP contribution < -0.4 is 4.74 Å². The van der Waals surface area contributed by atoms with Gasteiger partial charge < -0.3 is 9.64 Å². The van der Waals surface area contributed by atoms with Gasteiger partial charge in [-0.05, 0) is 48.7 Å². The quantitative estimate of drug-likeness (QED) is 0.675. The average Bonchev–Trinajstić information content (AvgIpc) is 2.74. The summed E-state index contributed by atoms with van der Waals surface area (Å²) in [5.41, 5.74) is 1.25. The zero-order valence-corrected chi connectivity index (χ0v) is 16.7. The van der Waals surface area contributed by atoms with Crippen molar-refractivity contribution in [2.45, 2.75) is 25.9 Å². The fourth-order valence-electron chi connectivity index (χ4n) is 3.50. The molecule has 0 aliphatic carbocycles. The SMILES string of the molecule is N#Cc1ccc(Cl)cc1C(=O)N1CCC(C(=O)Cc2ccc(OC(F)F)cc2)CC1. The first-order valence-corrected chi connectivity index (χ1v) is 9.80. The Bertz CT molecular complexity index is 965. The molecule has 2 aromatic rings. The Labute approximate surface area is 177 Å². The van der Waals surface area contributed by atoms with E-state index in [1.165, 1.54) is 24.3 Å². The van der Waals surface area contributed by atoms with Gasteiger partial charge >= 0.3 is 6.61 Å². The first-order valence-electron chi connectivity index (χ1n) is 9.42. The van der Waals surface area contributed by atoms with Crippen molar-refractivity contribution in [1.29, 1.82) is 5.26 Å². The molecule has 8 heteroatoms. The number of rotatable bonds is 6. The third-order valence-corrected chi connectivity index (χ3v) is 5.33. The van der Waals surface area contributed by atoms with E-state index in [-0.39, 0.29) is 40.9 Å². The highest BCUT2D eigenvalue weighted by molar-refractivity contribution is 6.31. The molecule has 0 saturated carbocycles. The number of amides is 1. The molecule has 30 heavy (non-hydrogen) atoms. The topological polar surface area (TPSA) is 70.4 Å². The summed E-state index contributed by atoms with van der Waals surface area (Å²) >= 11 is 5.96. The zero-order chi connectivity index (χ0) is 21.7. The predicted molar refractivity (Wildman–Crippen MR) is 107 cm³/mol. The van der Waals surface area contributed by atoms with Gasteiger partial charge in [0.25, 0.3) is 5.91 Å². The van der Waals surface area contributed by atoms with Gasteiger partial charge in [-0.15, -0.1) is 0 Å². The molecule has 1 heterocycles. The van der Waals surface area contributed by atoms with Gasteiger partial charge in [0, 0.05) is 30.5 Å². The van der Waals surface area contributed by atoms with Crippen LogP contribution in [0.3, 0.4) is 0 Å². The molecule has 0 unspecified atom stereocenters. The number of alkyl halides is 2. The molecule has 1 aliphatic heterocycles. The molecular formula is C22H19ClF2N2O3. The molecular weight excluding hydrogens is 414 g/mol. The van der Waals surface area contributed by atoms with E-state index in [2.05, 4.69) is 4.74 Å². The first kappa shape index (κ1) is 21.7. The lowest BCUT2D eigenvalue weighted by atomic mass is 9.89. The minimum Gasteiger partial charge on any atom is -0.435 e. The molecule has 156 valence electrons. The number of benzene rings is 2. The normalized spacial score (nSPS) is 14.4. The summed E-state index contributed by atoms with van der Waals surface area (Å²) in [6, 6.07) is 12.6. The molecule has 0 bridgehead atoms. The summed E-state index contributed by atoms with van der Waals surface area (Å²) in [5.74, 6) is -0.355. The molecule has 5 nitrogen and oxygen atoms in total. The van der Waals surface area contributed by atoms with Crippen molar-refractivity contribution >= 4 is 23.3 Å². The van der Waals surface area contributed by atoms with E-state index in [1.54, 1.807) is 23.1 Å². The van der Waals surface area contributed by atoms with Gasteiger partial charge in [0.2, 0.25) is 0 Å². The van der Waals surface area contributed by atoms with Crippen LogP contribution in [0.2, 0.25) is 5.02 Å². The van der Waals surface area contributed by atoms with Crippen LogP contribution in [-0.2, 0) is 11.2 Å². The number of halogens is 3. The maximum Gasteiger partial charge on any atom is 0.387 e. The monoisotopic (exact) mass is 432 g/mol. The second-order valence-electron chi connectivity index (χ2n) is 7.03. The summed E-state index contributed by atoms with van der Waals surface area (Å²) in [4.78, 5) is 27.0. The predicted octanol–water partition coefficient (Wildman–Crippen LogP) is 4.48. The Hall–Kier alpha value is -2.98. The number of carbonyl (C=O) groups excluding carboxylic acids is 2. The number of nitriles is 1. The largest absolute Gasteiger partial charge is 0.435 e. The van der Waals surface area contributed by atoms with Crippen molar-refractivity contribution < 1.29 is 23.1 Å². The minimum atomic E-state index is -2.89. The Kier molecular flexibility index (Phi) is 7.01. The Morgan fingerprint density at radius 3 is 2.43 bits per heavy atom. The van der Waals surface area contributed by atoms with Crippen molar-refractivity contribution in [1.82, 2.24) is 4.90 Å². The zero-order valence-electron chi connectivity index (χ0n) is 16.0. The van der Waals surface area contributed by atoms with Crippen LogP contribution in [0.15, 0.2) is 42.5 Å². The number of hydrogen-bond donors (Lipinski definition) is 0. The van der Waals surface area contributed by atoms with Crippen LogP contribution in [0.5, 0.6) is 5.75 Å². The number of Topliss-reactive ketones (excluding diaryl/α,β-unsaturated/α-hetero) is 1. The van der Waals surface area contributed by atoms with Crippen LogP contribution in [0.4, 0.5) is 8.78 Å². The summed E-state index contributed by atoms with van der Waals surface area (Å²) < 4.78 is 28.7. The van der Waals surface area contributed by atoms with E-state index >= 15 is 0 Å². The molecule has 1 saturated heterocycles. The minimum absolute atomic E-state index is 0.0464. The fourth-order valence-corrected chi connectivity index (χ4v) is 3.67. The van der Waals surface area contributed by atoms with E-state index in [0.29, 0.717) is 31.0 Å². The maximum atomic E-state index is 12.8. The van der Waals surface area contributed by atoms with Crippen LogP contribution >= 0.6 is 11.6 Å². The molecule has 0 N–H and O–H groups in total. The van der Waals surface area contributed by atoms with E-state index in [0.717, 1.165) is 5.56 Å². The highest BCUT2D eigenvalue weighted by atomic mass is 35.5. The van der Waals surface area contributed by atoms with Crippen molar-refractivity contribution in [3.8, 4) is 11.8 Å². The molecule has 0 aromatic heterocycles. The second kappa shape index (κ2) is 9.68. The van der Waals surface area contributed by atoms with Gasteiger partial charge in [-0.1, -0.05) is 23.7 Å². The van der Waals surface area contributed by atoms with E-state index in [4.69, 9.17) is 11.6 Å². The Balaban J connectivity index is 1.56. The van der Waals surface area contributed by atoms with Crippen LogP contribution in [0, 0.1) is 17.2 Å². The standard InChI is InChI=1S/C22H19ClF2N2O3/c23-17-4-3-16(13-26)19(12-17)21(29)27-9-7-15(8-10-27)20(28)11-14-1-5-18(6-2-14)30-22(24)25/h1-6,12,15,22H,7-11H2. The summed E-state index contributed by atoms with van der Waals surface area (Å²) in [6.45, 7) is -2.07. The summed E-state index contributed by atoms with van der Waals surface area (Å²) in [6.07, 6.45) is 1.25. The maximum absolute atomic E-state index is 12.8. The smallest absolute Gasteiger partial charge is 0.387 e. The number of piperidine rings is 1. The molecule has 1 fully saturated rings. The van der Waals surface area contributed by atoms with Crippen LogP contribution in [0.1, 0.15) is 34.3 Å². The number of nitrogens with zero attached hydrogens (tertiary/aromatic N) is 2. The van der Waals surface area contributed by atoms with Gasteiger partial charge in [-0.25, -0.2) is 0 Å². The highest BCUT2D eigenvalue weighted by Crippen LogP contribution is 2.24. The molecule has 3 rings (SSSR count). The first-order chi connectivity index (χ1) is 14.4. The molecule has 0 radical (unpaired) electrons. The molecule has 2 aromatic carbocycles. The van der Waals surface area contributed by atoms with Crippen molar-refractivity contribution in [2.24, 2.45) is 5.92 Å². The van der Waals surface area contributed by atoms with E-state index in [9.17, 15) is 23.6 Å². The second-order valence-corrected chi connectivity index (χ2v) is 7.47. The molecule has 1 aliphatic rings. The molecule has 0 spiro atoms. The number of hydrogen-bond acceptors (Lipinski definition) is 4. The summed E-state index contributed by atoms with van der Waals surface area (Å²) in [7, 11) is 0. The number of ether oxygens (including phenoxy) is 1. The van der Waals surface area contributed by atoms with E-state index in [1.807, 2.05) is 6.07 Å². The third kappa shape index (κ3) is 5.33. The lowest BCUT2D eigenvalue weighted by Crippen LogP contribution is -2.40. The van der Waals surface area contributed by atoms with Gasteiger partial charge in [0.1, 0.15) is 11.5 Å². The van der Waals surface area contributed by atoms with Crippen molar-refractivity contribution in [3.63, 3.8) is 0 Å². The van der Waals surface area contributed by atoms with Crippen LogP contribution in [-0.4, -0.2) is 36.3 Å². The van der Waals surface area contributed by atoms with Gasteiger partial charge in [0.05, 0.1) is 17.2 Å². The Morgan fingerprint density at radius 2 is 1.83 bits per heavy atom. The fraction of sp³-hybridized carbons (Fsp3) is 0.318. The lowest BCUT2D eigenvalue weighted by molar-refractivity contribution is -0.123. The third-order valence-electron chi connectivity index (χ3n) is 5.10.